The van der Waals surface area contributed by atoms with E-state index in [9.17, 15) is 9.18 Å². The minimum atomic E-state index is -0.285. The lowest BCUT2D eigenvalue weighted by Crippen LogP contribution is -2.43. The summed E-state index contributed by atoms with van der Waals surface area (Å²) < 4.78 is 16.7. The lowest BCUT2D eigenvalue weighted by molar-refractivity contribution is 0.539. The Balaban J connectivity index is 1.31. The van der Waals surface area contributed by atoms with Gasteiger partial charge in [0.2, 0.25) is 5.95 Å². The first kappa shape index (κ1) is 22.1. The molecule has 0 amide bonds. The second-order valence-electron chi connectivity index (χ2n) is 8.82. The standard InChI is InChI=1S/C26H25FN6OS/c27-21-14-19(6-7-22(21)32-11-9-28-10-12-32)30-26-29-15-18-5-8-24(34)33(25(18)31-26)20-13-17-3-1-2-4-23(17)35-16-20/h1-8,14-15,20,28H,9-13,16H2,(H,29,30,31). The Labute approximate surface area is 206 Å². The van der Waals surface area contributed by atoms with Crippen LogP contribution in [0.15, 0.2) is 70.5 Å². The van der Waals surface area contributed by atoms with Gasteiger partial charge in [-0.05, 0) is 42.3 Å². The molecule has 2 aliphatic heterocycles. The Morgan fingerprint density at radius 2 is 1.94 bits per heavy atom. The van der Waals surface area contributed by atoms with Gasteiger partial charge in [0.1, 0.15) is 11.5 Å². The minimum absolute atomic E-state index is 0.00962. The summed E-state index contributed by atoms with van der Waals surface area (Å²) in [6, 6.07) is 16.7. The van der Waals surface area contributed by atoms with E-state index in [0.29, 0.717) is 23.0 Å². The third kappa shape index (κ3) is 4.37. The number of hydrogen-bond acceptors (Lipinski definition) is 7. The zero-order valence-electron chi connectivity index (χ0n) is 19.1. The molecule has 178 valence electrons. The van der Waals surface area contributed by atoms with E-state index in [4.69, 9.17) is 4.98 Å². The summed E-state index contributed by atoms with van der Waals surface area (Å²) >= 11 is 1.76. The predicted molar refractivity (Wildman–Crippen MR) is 138 cm³/mol. The molecular formula is C26H25FN6OS. The van der Waals surface area contributed by atoms with Crippen LogP contribution in [-0.2, 0) is 6.42 Å². The molecule has 4 aromatic rings. The van der Waals surface area contributed by atoms with Gasteiger partial charge in [-0.15, -0.1) is 11.8 Å². The van der Waals surface area contributed by atoms with E-state index >= 15 is 0 Å². The average Bonchev–Trinajstić information content (AvgIpc) is 2.89. The molecule has 0 aliphatic carbocycles. The first-order chi connectivity index (χ1) is 17.2. The van der Waals surface area contributed by atoms with Crippen LogP contribution in [0, 0.1) is 5.82 Å². The summed E-state index contributed by atoms with van der Waals surface area (Å²) in [5.41, 5.74) is 2.90. The van der Waals surface area contributed by atoms with Gasteiger partial charge in [-0.2, -0.15) is 4.98 Å². The van der Waals surface area contributed by atoms with Crippen LogP contribution in [0.25, 0.3) is 11.0 Å². The quantitative estimate of drug-likeness (QED) is 0.450. The number of pyridine rings is 1. The van der Waals surface area contributed by atoms with Crippen LogP contribution < -0.4 is 21.1 Å². The number of aromatic nitrogens is 3. The van der Waals surface area contributed by atoms with Crippen molar-refractivity contribution in [2.24, 2.45) is 0 Å². The molecule has 6 rings (SSSR count). The van der Waals surface area contributed by atoms with E-state index in [2.05, 4.69) is 27.8 Å². The van der Waals surface area contributed by atoms with Crippen molar-refractivity contribution in [2.75, 3.05) is 42.1 Å². The smallest absolute Gasteiger partial charge is 0.252 e. The molecule has 4 heterocycles. The fourth-order valence-electron chi connectivity index (χ4n) is 4.81. The van der Waals surface area contributed by atoms with E-state index < -0.39 is 0 Å². The second-order valence-corrected chi connectivity index (χ2v) is 9.88. The van der Waals surface area contributed by atoms with Gasteiger partial charge < -0.3 is 15.5 Å². The van der Waals surface area contributed by atoms with Crippen molar-refractivity contribution in [3.8, 4) is 0 Å². The van der Waals surface area contributed by atoms with Crippen LogP contribution in [-0.4, -0.2) is 46.5 Å². The Morgan fingerprint density at radius 1 is 1.09 bits per heavy atom. The Hall–Kier alpha value is -3.43. The minimum Gasteiger partial charge on any atom is -0.367 e. The fraction of sp³-hybridized carbons (Fsp3) is 0.269. The molecular weight excluding hydrogens is 463 g/mol. The SMILES string of the molecule is O=c1ccc2cnc(Nc3ccc(N4CCNCC4)c(F)c3)nc2n1C1CSc2ccccc2C1. The molecule has 1 saturated heterocycles. The fourth-order valence-corrected chi connectivity index (χ4v) is 5.96. The molecule has 2 N–H and O–H groups in total. The number of rotatable bonds is 4. The van der Waals surface area contributed by atoms with Crippen LogP contribution >= 0.6 is 11.8 Å². The van der Waals surface area contributed by atoms with E-state index in [1.807, 2.05) is 23.1 Å². The summed E-state index contributed by atoms with van der Waals surface area (Å²) in [7, 11) is 0. The molecule has 1 fully saturated rings. The highest BCUT2D eigenvalue weighted by Gasteiger charge is 2.23. The molecule has 2 aliphatic rings. The molecule has 0 saturated carbocycles. The molecule has 2 aromatic carbocycles. The van der Waals surface area contributed by atoms with Gasteiger partial charge >= 0.3 is 0 Å². The van der Waals surface area contributed by atoms with Crippen molar-refractivity contribution in [2.45, 2.75) is 17.4 Å². The summed E-state index contributed by atoms with van der Waals surface area (Å²) in [6.07, 6.45) is 2.48. The second kappa shape index (κ2) is 9.31. The first-order valence-electron chi connectivity index (χ1n) is 11.8. The van der Waals surface area contributed by atoms with Crippen LogP contribution in [0.1, 0.15) is 11.6 Å². The molecule has 0 radical (unpaired) electrons. The Bertz CT molecular complexity index is 1450. The van der Waals surface area contributed by atoms with Crippen molar-refractivity contribution in [3.05, 3.63) is 82.5 Å². The number of piperazine rings is 1. The summed E-state index contributed by atoms with van der Waals surface area (Å²) in [6.45, 7) is 3.24. The van der Waals surface area contributed by atoms with Crippen molar-refractivity contribution in [1.29, 1.82) is 0 Å². The number of halogens is 1. The zero-order valence-corrected chi connectivity index (χ0v) is 19.9. The third-order valence-corrected chi connectivity index (χ3v) is 7.81. The van der Waals surface area contributed by atoms with E-state index in [1.54, 1.807) is 40.7 Å². The lowest BCUT2D eigenvalue weighted by atomic mass is 10.1. The molecule has 9 heteroatoms. The summed E-state index contributed by atoms with van der Waals surface area (Å²) in [4.78, 5) is 25.4. The Morgan fingerprint density at radius 3 is 2.80 bits per heavy atom. The van der Waals surface area contributed by atoms with Gasteiger partial charge in [-0.25, -0.2) is 9.37 Å². The highest BCUT2D eigenvalue weighted by molar-refractivity contribution is 7.99. The average molecular weight is 489 g/mol. The van der Waals surface area contributed by atoms with Crippen molar-refractivity contribution < 1.29 is 4.39 Å². The number of thioether (sulfide) groups is 1. The molecule has 1 atom stereocenters. The molecule has 35 heavy (non-hydrogen) atoms. The maximum absolute atomic E-state index is 14.9. The molecule has 1 unspecified atom stereocenters. The van der Waals surface area contributed by atoms with Crippen LogP contribution in [0.4, 0.5) is 21.7 Å². The van der Waals surface area contributed by atoms with Gasteiger partial charge in [0.15, 0.2) is 0 Å². The van der Waals surface area contributed by atoms with E-state index in [0.717, 1.165) is 43.7 Å². The monoisotopic (exact) mass is 488 g/mol. The normalized spacial score (nSPS) is 17.9. The van der Waals surface area contributed by atoms with Crippen molar-refractivity contribution >= 4 is 40.1 Å². The number of nitrogens with one attached hydrogen (secondary N) is 2. The molecule has 0 spiro atoms. The van der Waals surface area contributed by atoms with Crippen LogP contribution in [0.5, 0.6) is 0 Å². The molecule has 7 nitrogen and oxygen atoms in total. The topological polar surface area (TPSA) is 75.1 Å². The number of hydrogen-bond donors (Lipinski definition) is 2. The van der Waals surface area contributed by atoms with E-state index in [-0.39, 0.29) is 17.4 Å². The number of anilines is 3. The van der Waals surface area contributed by atoms with Gasteiger partial charge in [0.05, 0.1) is 11.7 Å². The predicted octanol–water partition coefficient (Wildman–Crippen LogP) is 3.97. The van der Waals surface area contributed by atoms with Gasteiger partial charge in [0, 0.05) is 60.2 Å². The highest BCUT2D eigenvalue weighted by Crippen LogP contribution is 2.35. The summed E-state index contributed by atoms with van der Waals surface area (Å²) in [5, 5.41) is 7.19. The van der Waals surface area contributed by atoms with Gasteiger partial charge in [0.25, 0.3) is 5.56 Å². The molecule has 0 bridgehead atoms. The first-order valence-corrected chi connectivity index (χ1v) is 12.8. The van der Waals surface area contributed by atoms with Crippen molar-refractivity contribution in [3.63, 3.8) is 0 Å². The maximum Gasteiger partial charge on any atom is 0.252 e. The summed E-state index contributed by atoms with van der Waals surface area (Å²) in [5.74, 6) is 0.837. The number of fused-ring (bicyclic) bond motifs is 2. The molecule has 2 aromatic heterocycles. The zero-order chi connectivity index (χ0) is 23.8. The van der Waals surface area contributed by atoms with Crippen LogP contribution in [0.3, 0.4) is 0 Å². The van der Waals surface area contributed by atoms with E-state index in [1.165, 1.54) is 16.5 Å². The Kier molecular flexibility index (Phi) is 5.87. The number of benzene rings is 2. The van der Waals surface area contributed by atoms with Crippen LogP contribution in [0.2, 0.25) is 0 Å². The van der Waals surface area contributed by atoms with Gasteiger partial charge in [-0.1, -0.05) is 18.2 Å². The highest BCUT2D eigenvalue weighted by atomic mass is 32.2. The number of nitrogens with zero attached hydrogens (tertiary/aromatic N) is 4. The lowest BCUT2D eigenvalue weighted by Gasteiger charge is -2.29. The van der Waals surface area contributed by atoms with Gasteiger partial charge in [-0.3, -0.25) is 9.36 Å². The largest absolute Gasteiger partial charge is 0.367 e. The third-order valence-electron chi connectivity index (χ3n) is 6.55. The maximum atomic E-state index is 14.9. The van der Waals surface area contributed by atoms with Crippen molar-refractivity contribution in [1.82, 2.24) is 19.9 Å².